The molecule has 0 saturated heterocycles. The van der Waals surface area contributed by atoms with Crippen LogP contribution >= 0.6 is 11.6 Å². The number of nitrogens with one attached hydrogen (secondary N) is 1. The highest BCUT2D eigenvalue weighted by atomic mass is 35.5. The van der Waals surface area contributed by atoms with E-state index in [2.05, 4.69) is 5.32 Å². The quantitative estimate of drug-likeness (QED) is 0.757. The summed E-state index contributed by atoms with van der Waals surface area (Å²) in [7, 11) is 0. The van der Waals surface area contributed by atoms with Crippen LogP contribution in [0, 0.1) is 0 Å². The summed E-state index contributed by atoms with van der Waals surface area (Å²) in [6.07, 6.45) is 0. The number of rotatable bonds is 4. The van der Waals surface area contributed by atoms with Crippen LogP contribution in [0.2, 0.25) is 5.02 Å². The zero-order valence-electron chi connectivity index (χ0n) is 10.7. The van der Waals surface area contributed by atoms with Crippen LogP contribution in [0.3, 0.4) is 0 Å². The summed E-state index contributed by atoms with van der Waals surface area (Å²) in [5, 5.41) is 12.6. The Hall–Kier alpha value is -2.04. The van der Waals surface area contributed by atoms with E-state index in [0.717, 1.165) is 5.56 Å². The first-order chi connectivity index (χ1) is 9.60. The van der Waals surface area contributed by atoms with E-state index in [9.17, 15) is 9.90 Å². The molecule has 1 amide bonds. The molecule has 2 aromatic carbocycles. The molecule has 0 bridgehead atoms. The van der Waals surface area contributed by atoms with Crippen molar-refractivity contribution in [3.8, 4) is 0 Å². The highest BCUT2D eigenvalue weighted by Gasteiger charge is 2.15. The number of nitrogens with two attached hydrogens (primary N) is 1. The largest absolute Gasteiger partial charge is 0.399 e. The number of aliphatic hydroxyl groups is 1. The van der Waals surface area contributed by atoms with Gasteiger partial charge in [0.15, 0.2) is 0 Å². The van der Waals surface area contributed by atoms with Gasteiger partial charge in [0, 0.05) is 16.3 Å². The Kier molecular flexibility index (Phi) is 4.61. The van der Waals surface area contributed by atoms with Crippen LogP contribution in [-0.2, 0) is 0 Å². The van der Waals surface area contributed by atoms with Gasteiger partial charge in [0.25, 0.3) is 5.91 Å². The molecule has 4 nitrogen and oxygen atoms in total. The molecule has 0 heterocycles. The first-order valence-electron chi connectivity index (χ1n) is 6.13. The Morgan fingerprint density at radius 2 is 1.95 bits per heavy atom. The van der Waals surface area contributed by atoms with Gasteiger partial charge in [-0.3, -0.25) is 4.79 Å². The molecule has 5 heteroatoms. The average molecular weight is 291 g/mol. The van der Waals surface area contributed by atoms with E-state index >= 15 is 0 Å². The van der Waals surface area contributed by atoms with Crippen LogP contribution in [0.15, 0.2) is 48.5 Å². The third-order valence-corrected chi connectivity index (χ3v) is 3.09. The molecule has 0 fully saturated rings. The van der Waals surface area contributed by atoms with Gasteiger partial charge in [0.1, 0.15) is 0 Å². The second kappa shape index (κ2) is 6.41. The van der Waals surface area contributed by atoms with Gasteiger partial charge in [-0.15, -0.1) is 0 Å². The van der Waals surface area contributed by atoms with E-state index in [-0.39, 0.29) is 12.5 Å². The van der Waals surface area contributed by atoms with Crippen LogP contribution in [-0.4, -0.2) is 17.6 Å². The van der Waals surface area contributed by atoms with Crippen molar-refractivity contribution >= 4 is 23.2 Å². The number of anilines is 1. The molecule has 0 spiro atoms. The molecular weight excluding hydrogens is 276 g/mol. The summed E-state index contributed by atoms with van der Waals surface area (Å²) in [6, 6.07) is 13.4. The van der Waals surface area contributed by atoms with E-state index < -0.39 is 6.04 Å². The Morgan fingerprint density at radius 3 is 2.55 bits per heavy atom. The second-order valence-corrected chi connectivity index (χ2v) is 4.83. The average Bonchev–Trinajstić information content (AvgIpc) is 2.44. The van der Waals surface area contributed by atoms with Crippen LogP contribution in [0.25, 0.3) is 0 Å². The fourth-order valence-electron chi connectivity index (χ4n) is 1.90. The van der Waals surface area contributed by atoms with Crippen molar-refractivity contribution in [3.05, 3.63) is 64.7 Å². The van der Waals surface area contributed by atoms with Gasteiger partial charge in [0.05, 0.1) is 12.6 Å². The van der Waals surface area contributed by atoms with E-state index in [1.165, 1.54) is 6.07 Å². The number of amides is 1. The highest BCUT2D eigenvalue weighted by Crippen LogP contribution is 2.18. The second-order valence-electron chi connectivity index (χ2n) is 4.39. The predicted octanol–water partition coefficient (Wildman–Crippen LogP) is 2.39. The molecule has 2 aromatic rings. The number of halogens is 1. The van der Waals surface area contributed by atoms with Gasteiger partial charge in [-0.25, -0.2) is 0 Å². The normalized spacial score (nSPS) is 11.9. The molecule has 4 N–H and O–H groups in total. The Bertz CT molecular complexity index is 582. The maximum Gasteiger partial charge on any atom is 0.251 e. The zero-order chi connectivity index (χ0) is 14.5. The molecule has 104 valence electrons. The number of hydrogen-bond donors (Lipinski definition) is 3. The van der Waals surface area contributed by atoms with E-state index in [4.69, 9.17) is 17.3 Å². The molecular formula is C15H15ClN2O2. The molecule has 1 atom stereocenters. The Balaban J connectivity index is 2.17. The predicted molar refractivity (Wildman–Crippen MR) is 79.6 cm³/mol. The SMILES string of the molecule is Nc1cc(Cl)cc(C(=O)N[C@@H](CO)c2ccccc2)c1. The van der Waals surface area contributed by atoms with Gasteiger partial charge in [-0.2, -0.15) is 0 Å². The van der Waals surface area contributed by atoms with Crippen LogP contribution in [0.1, 0.15) is 22.0 Å². The lowest BCUT2D eigenvalue weighted by Gasteiger charge is -2.17. The van der Waals surface area contributed by atoms with Crippen LogP contribution in [0.5, 0.6) is 0 Å². The Morgan fingerprint density at radius 1 is 1.25 bits per heavy atom. The van der Waals surface area contributed by atoms with E-state index in [0.29, 0.717) is 16.3 Å². The standard InChI is InChI=1S/C15H15ClN2O2/c16-12-6-11(7-13(17)8-12)15(20)18-14(9-19)10-4-2-1-3-5-10/h1-8,14,19H,9,17H2,(H,18,20)/t14-/m0/s1. The number of benzene rings is 2. The molecule has 20 heavy (non-hydrogen) atoms. The van der Waals surface area contributed by atoms with Gasteiger partial charge in [0.2, 0.25) is 0 Å². The first-order valence-corrected chi connectivity index (χ1v) is 6.50. The molecule has 2 rings (SSSR count). The monoisotopic (exact) mass is 290 g/mol. The number of carbonyl (C=O) groups excluding carboxylic acids is 1. The molecule has 0 aromatic heterocycles. The van der Waals surface area contributed by atoms with Crippen molar-refractivity contribution in [1.82, 2.24) is 5.32 Å². The van der Waals surface area contributed by atoms with Crippen molar-refractivity contribution < 1.29 is 9.90 Å². The minimum Gasteiger partial charge on any atom is -0.399 e. The lowest BCUT2D eigenvalue weighted by molar-refractivity contribution is 0.0916. The van der Waals surface area contributed by atoms with Crippen molar-refractivity contribution in [2.24, 2.45) is 0 Å². The maximum absolute atomic E-state index is 12.2. The summed E-state index contributed by atoms with van der Waals surface area (Å²) < 4.78 is 0. The summed E-state index contributed by atoms with van der Waals surface area (Å²) in [4.78, 5) is 12.2. The van der Waals surface area contributed by atoms with Gasteiger partial charge in [-0.05, 0) is 23.8 Å². The smallest absolute Gasteiger partial charge is 0.251 e. The van der Waals surface area contributed by atoms with Crippen LogP contribution < -0.4 is 11.1 Å². The van der Waals surface area contributed by atoms with Crippen molar-refractivity contribution in [2.75, 3.05) is 12.3 Å². The summed E-state index contributed by atoms with van der Waals surface area (Å²) in [5.74, 6) is -0.331. The molecule has 0 aliphatic heterocycles. The van der Waals surface area contributed by atoms with Crippen LogP contribution in [0.4, 0.5) is 5.69 Å². The highest BCUT2D eigenvalue weighted by molar-refractivity contribution is 6.31. The third kappa shape index (κ3) is 3.50. The summed E-state index contributed by atoms with van der Waals surface area (Å²) in [6.45, 7) is -0.189. The number of nitrogen functional groups attached to an aromatic ring is 1. The zero-order valence-corrected chi connectivity index (χ0v) is 11.5. The van der Waals surface area contributed by atoms with Crippen molar-refractivity contribution in [1.29, 1.82) is 0 Å². The lowest BCUT2D eigenvalue weighted by atomic mass is 10.1. The van der Waals surface area contributed by atoms with E-state index in [1.807, 2.05) is 30.3 Å². The minimum absolute atomic E-state index is 0.189. The van der Waals surface area contributed by atoms with E-state index in [1.54, 1.807) is 12.1 Å². The Labute approximate surface area is 122 Å². The molecule has 0 saturated carbocycles. The number of carbonyl (C=O) groups is 1. The summed E-state index contributed by atoms with van der Waals surface area (Å²) >= 11 is 5.87. The molecule has 0 radical (unpaired) electrons. The number of hydrogen-bond acceptors (Lipinski definition) is 3. The van der Waals surface area contributed by atoms with Gasteiger partial charge >= 0.3 is 0 Å². The fourth-order valence-corrected chi connectivity index (χ4v) is 2.15. The summed E-state index contributed by atoms with van der Waals surface area (Å²) in [5.41, 5.74) is 7.27. The van der Waals surface area contributed by atoms with Crippen molar-refractivity contribution in [2.45, 2.75) is 6.04 Å². The fraction of sp³-hybridized carbons (Fsp3) is 0.133. The molecule has 0 unspecified atom stereocenters. The minimum atomic E-state index is -0.469. The van der Waals surface area contributed by atoms with Gasteiger partial charge in [-0.1, -0.05) is 41.9 Å². The third-order valence-electron chi connectivity index (χ3n) is 2.87. The van der Waals surface area contributed by atoms with Gasteiger partial charge < -0.3 is 16.2 Å². The number of aliphatic hydroxyl groups excluding tert-OH is 1. The molecule has 0 aliphatic carbocycles. The lowest BCUT2D eigenvalue weighted by Crippen LogP contribution is -2.30. The topological polar surface area (TPSA) is 75.4 Å². The first kappa shape index (κ1) is 14.4. The molecule has 0 aliphatic rings. The maximum atomic E-state index is 12.2. The van der Waals surface area contributed by atoms with Crippen molar-refractivity contribution in [3.63, 3.8) is 0 Å².